The summed E-state index contributed by atoms with van der Waals surface area (Å²) in [7, 11) is 11.0. The molecule has 0 spiro atoms. The molecular weight excluding hydrogens is 863 g/mol. The van der Waals surface area contributed by atoms with Crippen LogP contribution in [0, 0.1) is 27.7 Å². The second-order valence-corrected chi connectivity index (χ2v) is 21.0. The molecule has 306 valence electrons. The number of hydrogen-bond donors (Lipinski definition) is 0. The minimum atomic E-state index is -0.826. The van der Waals surface area contributed by atoms with Crippen LogP contribution in [0.5, 0.6) is 0 Å². The number of rotatable bonds is 8. The topological polar surface area (TPSA) is 0 Å². The predicted octanol–water partition coefficient (Wildman–Crippen LogP) is 18.2. The van der Waals surface area contributed by atoms with Crippen molar-refractivity contribution in [3.05, 3.63) is 179 Å². The Morgan fingerprint density at radius 1 is 0.483 bits per heavy atom. The molecule has 2 radical (unpaired) electrons. The van der Waals surface area contributed by atoms with Gasteiger partial charge < -0.3 is 0 Å². The Labute approximate surface area is 382 Å². The van der Waals surface area contributed by atoms with Crippen LogP contribution in [0.25, 0.3) is 66.1 Å². The molecular formula is C56H60Cl2SiZr. The number of hydrogen-bond acceptors (Lipinski definition) is 0. The Morgan fingerprint density at radius 3 is 1.10 bits per heavy atom. The third kappa shape index (κ3) is 11.8. The molecule has 0 N–H and O–H groups in total. The summed E-state index contributed by atoms with van der Waals surface area (Å²) in [6.45, 7) is 22.2. The van der Waals surface area contributed by atoms with Gasteiger partial charge >= 0.3 is 37.9 Å². The van der Waals surface area contributed by atoms with Gasteiger partial charge in [0, 0.05) is 9.52 Å². The van der Waals surface area contributed by atoms with Gasteiger partial charge in [0.2, 0.25) is 0 Å². The first kappa shape index (κ1) is 47.3. The summed E-state index contributed by atoms with van der Waals surface area (Å²) in [5, 5.41) is 5.44. The Balaban J connectivity index is 0.000000201. The maximum absolute atomic E-state index is 4.93. The fourth-order valence-electron chi connectivity index (χ4n) is 8.23. The van der Waals surface area contributed by atoms with E-state index in [-0.39, 0.29) is 0 Å². The number of halogens is 2. The molecule has 2 atom stereocenters. The average molecular weight is 923 g/mol. The summed E-state index contributed by atoms with van der Waals surface area (Å²) < 4.78 is 0. The zero-order valence-electron chi connectivity index (χ0n) is 37.2. The monoisotopic (exact) mass is 920 g/mol. The zero-order chi connectivity index (χ0) is 43.3. The van der Waals surface area contributed by atoms with Gasteiger partial charge in [-0.3, -0.25) is 0 Å². The van der Waals surface area contributed by atoms with Crippen LogP contribution >= 0.6 is 17.0 Å². The molecule has 0 saturated carbocycles. The van der Waals surface area contributed by atoms with Gasteiger partial charge in [0.1, 0.15) is 0 Å². The van der Waals surface area contributed by atoms with Gasteiger partial charge in [-0.2, -0.15) is 12.1 Å². The Bertz CT molecular complexity index is 2360. The molecule has 0 bridgehead atoms. The SMILES string of the molecule is CCC(C)c1cc2c(-c3cc(C)cc(C)c3)c(-c3ccccc3)ccc2[cH-]1.CCC(C)c1cc2c(-c3cc(C)cc(C)c3)c(-c3ccccc3)ccc2[cH-]1.C[Si]C.[Cl][Zr+2][Cl]. The molecule has 0 fully saturated rings. The molecule has 60 heavy (non-hydrogen) atoms. The van der Waals surface area contributed by atoms with E-state index in [1.54, 1.807) is 0 Å². The summed E-state index contributed by atoms with van der Waals surface area (Å²) in [5.41, 5.74) is 18.7. The molecule has 8 rings (SSSR count). The van der Waals surface area contributed by atoms with Gasteiger partial charge in [-0.15, -0.1) is 56.9 Å². The van der Waals surface area contributed by atoms with Crippen LogP contribution in [-0.2, 0) is 20.8 Å². The van der Waals surface area contributed by atoms with Gasteiger partial charge in [-0.05, 0) is 72.9 Å². The standard InChI is InChI=1S/2C27H27.C2H6Si.2ClH.Zr/c2*1-5-20(4)23-16-22-11-12-25(21-9-7-6-8-10-21)27(26(22)17-23)24-14-18(2)13-19(3)15-24;1-3-2;;;/h2*6-17,20H,5H2,1-4H3;1-2H3;2*1H;/q2*-1;;;;+4/p-2. The first-order valence-corrected chi connectivity index (χ1v) is 29.6. The van der Waals surface area contributed by atoms with Crippen LogP contribution < -0.4 is 0 Å². The van der Waals surface area contributed by atoms with Crippen molar-refractivity contribution in [3.8, 4) is 44.5 Å². The van der Waals surface area contributed by atoms with Crippen LogP contribution in [-0.4, -0.2) is 9.52 Å². The molecule has 0 amide bonds. The molecule has 0 aliphatic rings. The number of fused-ring (bicyclic) bond motifs is 2. The quantitative estimate of drug-likeness (QED) is 0.105. The van der Waals surface area contributed by atoms with E-state index in [0.717, 1.165) is 9.52 Å². The number of benzene rings is 6. The zero-order valence-corrected chi connectivity index (χ0v) is 42.2. The first-order valence-electron chi connectivity index (χ1n) is 21.3. The van der Waals surface area contributed by atoms with Crippen molar-refractivity contribution < 1.29 is 20.8 Å². The summed E-state index contributed by atoms with van der Waals surface area (Å²) >= 11 is -0.826. The van der Waals surface area contributed by atoms with Gasteiger partial charge in [0.25, 0.3) is 0 Å². The van der Waals surface area contributed by atoms with Crippen molar-refractivity contribution in [2.75, 3.05) is 0 Å². The Morgan fingerprint density at radius 2 is 0.800 bits per heavy atom. The van der Waals surface area contributed by atoms with Gasteiger partial charge in [0.05, 0.1) is 0 Å². The van der Waals surface area contributed by atoms with Crippen LogP contribution in [0.4, 0.5) is 0 Å². The summed E-state index contributed by atoms with van der Waals surface area (Å²) in [6.07, 6.45) is 2.33. The van der Waals surface area contributed by atoms with E-state index in [1.807, 2.05) is 0 Å². The molecule has 0 saturated heterocycles. The van der Waals surface area contributed by atoms with Crippen molar-refractivity contribution >= 4 is 48.1 Å². The Hall–Kier alpha value is -3.78. The van der Waals surface area contributed by atoms with Crippen molar-refractivity contribution in [2.24, 2.45) is 0 Å². The third-order valence-electron chi connectivity index (χ3n) is 11.4. The molecule has 0 aromatic heterocycles. The van der Waals surface area contributed by atoms with E-state index in [0.29, 0.717) is 11.8 Å². The summed E-state index contributed by atoms with van der Waals surface area (Å²) in [6, 6.07) is 54.1. The molecule has 8 aromatic carbocycles. The normalized spacial score (nSPS) is 11.7. The van der Waals surface area contributed by atoms with Crippen molar-refractivity contribution in [1.29, 1.82) is 0 Å². The first-order chi connectivity index (χ1) is 29.0. The van der Waals surface area contributed by atoms with E-state index in [9.17, 15) is 0 Å². The van der Waals surface area contributed by atoms with Crippen LogP contribution in [0.15, 0.2) is 146 Å². The van der Waals surface area contributed by atoms with E-state index in [4.69, 9.17) is 17.0 Å². The average Bonchev–Trinajstić information content (AvgIpc) is 3.88. The van der Waals surface area contributed by atoms with E-state index in [2.05, 4.69) is 214 Å². The summed E-state index contributed by atoms with van der Waals surface area (Å²) in [5.74, 6) is 1.18. The minimum absolute atomic E-state index is 0.588. The van der Waals surface area contributed by atoms with E-state index in [1.165, 1.54) is 112 Å². The fourth-order valence-corrected chi connectivity index (χ4v) is 8.23. The van der Waals surface area contributed by atoms with Crippen molar-refractivity contribution in [1.82, 2.24) is 0 Å². The van der Waals surface area contributed by atoms with Crippen LogP contribution in [0.3, 0.4) is 0 Å². The van der Waals surface area contributed by atoms with Gasteiger partial charge in [-0.1, -0.05) is 196 Å². The van der Waals surface area contributed by atoms with Crippen LogP contribution in [0.2, 0.25) is 13.1 Å². The van der Waals surface area contributed by atoms with E-state index >= 15 is 0 Å². The predicted molar refractivity (Wildman–Crippen MR) is 266 cm³/mol. The molecule has 0 heterocycles. The molecule has 0 aliphatic heterocycles. The molecule has 4 heteroatoms. The number of aryl methyl sites for hydroxylation is 4. The molecule has 8 aromatic rings. The third-order valence-corrected chi connectivity index (χ3v) is 11.4. The van der Waals surface area contributed by atoms with E-state index < -0.39 is 20.8 Å². The van der Waals surface area contributed by atoms with Gasteiger partial charge in [0.15, 0.2) is 0 Å². The van der Waals surface area contributed by atoms with Gasteiger partial charge in [-0.25, -0.2) is 0 Å². The van der Waals surface area contributed by atoms with Crippen molar-refractivity contribution in [3.63, 3.8) is 0 Å². The maximum atomic E-state index is 4.93. The van der Waals surface area contributed by atoms with Crippen LogP contribution in [0.1, 0.15) is 85.8 Å². The van der Waals surface area contributed by atoms with Crippen molar-refractivity contribution in [2.45, 2.75) is 93.2 Å². The second-order valence-electron chi connectivity index (χ2n) is 16.2. The fraction of sp³-hybridized carbons (Fsp3) is 0.250. The second kappa shape index (κ2) is 22.9. The summed E-state index contributed by atoms with van der Waals surface area (Å²) in [4.78, 5) is 0. The molecule has 2 unspecified atom stereocenters. The molecule has 0 aliphatic carbocycles. The Kier molecular flexibility index (Phi) is 18.0. The molecule has 0 nitrogen and oxygen atoms in total.